The fraction of sp³-hybridized carbons (Fsp3) is 0.421. The van der Waals surface area contributed by atoms with Crippen LogP contribution in [0.15, 0.2) is 41.1 Å². The number of ether oxygens (including phenoxy) is 1. The molecular weight excluding hydrogens is 385 g/mol. The number of hydrogen-bond donors (Lipinski definition) is 0. The summed E-state index contributed by atoms with van der Waals surface area (Å²) >= 11 is 3.48. The molecule has 2 atom stereocenters. The Morgan fingerprint density at radius 3 is 2.64 bits per heavy atom. The Hall–Kier alpha value is -1.50. The van der Waals surface area contributed by atoms with E-state index in [0.717, 1.165) is 36.2 Å². The van der Waals surface area contributed by atoms with Crippen LogP contribution in [0.5, 0.6) is 5.75 Å². The normalized spacial score (nSPS) is 23.3. The van der Waals surface area contributed by atoms with Crippen molar-refractivity contribution in [1.29, 1.82) is 0 Å². The zero-order valence-electron chi connectivity index (χ0n) is 14.2. The summed E-state index contributed by atoms with van der Waals surface area (Å²) in [4.78, 5) is 9.23. The summed E-state index contributed by atoms with van der Waals surface area (Å²) in [6.07, 6.45) is 4.99. The van der Waals surface area contributed by atoms with Gasteiger partial charge in [-0.25, -0.2) is 4.39 Å². The van der Waals surface area contributed by atoms with Gasteiger partial charge in [0, 0.05) is 55.1 Å². The van der Waals surface area contributed by atoms with Crippen LogP contribution in [0.2, 0.25) is 0 Å². The molecule has 0 amide bonds. The van der Waals surface area contributed by atoms with Crippen molar-refractivity contribution in [3.05, 3.63) is 58.1 Å². The molecule has 3 aliphatic rings. The molecule has 4 heterocycles. The van der Waals surface area contributed by atoms with Crippen molar-refractivity contribution >= 4 is 15.9 Å². The number of piperidine rings is 1. The second-order valence-corrected chi connectivity index (χ2v) is 7.81. The van der Waals surface area contributed by atoms with Crippen molar-refractivity contribution in [2.45, 2.75) is 31.6 Å². The van der Waals surface area contributed by atoms with Crippen LogP contribution in [0.4, 0.5) is 4.39 Å². The fourth-order valence-electron chi connectivity index (χ4n) is 3.98. The van der Waals surface area contributed by atoms with Gasteiger partial charge < -0.3 is 4.74 Å². The van der Waals surface area contributed by atoms with Crippen LogP contribution in [-0.4, -0.2) is 47.1 Å². The molecule has 2 bridgehead atoms. The van der Waals surface area contributed by atoms with Crippen molar-refractivity contribution in [3.63, 3.8) is 0 Å². The zero-order valence-corrected chi connectivity index (χ0v) is 15.7. The first kappa shape index (κ1) is 16.9. The summed E-state index contributed by atoms with van der Waals surface area (Å²) in [6, 6.07) is 8.52. The third kappa shape index (κ3) is 3.57. The maximum Gasteiger partial charge on any atom is 0.165 e. The topological polar surface area (TPSA) is 28.6 Å². The van der Waals surface area contributed by atoms with Crippen LogP contribution in [0.25, 0.3) is 0 Å². The lowest BCUT2D eigenvalue weighted by Crippen LogP contribution is -2.67. The molecule has 25 heavy (non-hydrogen) atoms. The van der Waals surface area contributed by atoms with Gasteiger partial charge in [0.2, 0.25) is 0 Å². The van der Waals surface area contributed by atoms with E-state index in [1.165, 1.54) is 19.1 Å². The predicted octanol–water partition coefficient (Wildman–Crippen LogP) is 3.45. The summed E-state index contributed by atoms with van der Waals surface area (Å²) in [7, 11) is 1.49. The summed E-state index contributed by atoms with van der Waals surface area (Å²) in [5.41, 5.74) is 2.25. The number of methoxy groups -OCH3 is 1. The second-order valence-electron chi connectivity index (χ2n) is 6.89. The molecule has 0 saturated carbocycles. The van der Waals surface area contributed by atoms with Gasteiger partial charge in [0.15, 0.2) is 11.6 Å². The van der Waals surface area contributed by atoms with Gasteiger partial charge >= 0.3 is 0 Å². The number of rotatable bonds is 5. The van der Waals surface area contributed by atoms with E-state index in [4.69, 9.17) is 4.74 Å². The van der Waals surface area contributed by atoms with Crippen molar-refractivity contribution in [2.24, 2.45) is 0 Å². The highest BCUT2D eigenvalue weighted by Gasteiger charge is 2.44. The molecule has 1 aromatic heterocycles. The summed E-state index contributed by atoms with van der Waals surface area (Å²) in [5.74, 6) is 0.0239. The van der Waals surface area contributed by atoms with Gasteiger partial charge in [-0.1, -0.05) is 6.07 Å². The standard InChI is InChI=1S/C19H21BrFN3O/c1-25-19-3-2-13(5-18(19)21)10-24-16-6-17(24)12-23(11-16)9-14-4-15(20)8-22-7-14/h2-5,7-8,16-17H,6,9-12H2,1H3. The lowest BCUT2D eigenvalue weighted by atomic mass is 9.86. The molecule has 2 unspecified atom stereocenters. The third-order valence-corrected chi connectivity index (χ3v) is 5.60. The summed E-state index contributed by atoms with van der Waals surface area (Å²) in [5, 5.41) is 0. The van der Waals surface area contributed by atoms with E-state index in [2.05, 4.69) is 36.8 Å². The van der Waals surface area contributed by atoms with Crippen LogP contribution < -0.4 is 4.74 Å². The third-order valence-electron chi connectivity index (χ3n) is 5.17. The predicted molar refractivity (Wildman–Crippen MR) is 97.9 cm³/mol. The largest absolute Gasteiger partial charge is 0.494 e. The van der Waals surface area contributed by atoms with Crippen LogP contribution in [0, 0.1) is 5.82 Å². The minimum absolute atomic E-state index is 0.283. The number of hydrogen-bond acceptors (Lipinski definition) is 4. The number of pyridine rings is 1. The van der Waals surface area contributed by atoms with Crippen molar-refractivity contribution in [1.82, 2.24) is 14.8 Å². The Morgan fingerprint density at radius 2 is 1.96 bits per heavy atom. The van der Waals surface area contributed by atoms with E-state index >= 15 is 0 Å². The second kappa shape index (κ2) is 7.02. The molecule has 3 saturated heterocycles. The van der Waals surface area contributed by atoms with Gasteiger partial charge in [-0.3, -0.25) is 14.8 Å². The van der Waals surface area contributed by atoms with Crippen LogP contribution in [-0.2, 0) is 13.1 Å². The highest BCUT2D eigenvalue weighted by atomic mass is 79.9. The molecule has 5 rings (SSSR count). The van der Waals surface area contributed by atoms with Gasteiger partial charge in [-0.05, 0) is 51.7 Å². The zero-order chi connectivity index (χ0) is 17.4. The van der Waals surface area contributed by atoms with Gasteiger partial charge in [0.25, 0.3) is 0 Å². The van der Waals surface area contributed by atoms with Crippen LogP contribution >= 0.6 is 15.9 Å². The smallest absolute Gasteiger partial charge is 0.165 e. The van der Waals surface area contributed by atoms with E-state index in [-0.39, 0.29) is 5.82 Å². The first-order valence-electron chi connectivity index (χ1n) is 8.52. The van der Waals surface area contributed by atoms with E-state index in [1.807, 2.05) is 18.5 Å². The van der Waals surface area contributed by atoms with Gasteiger partial charge in [0.05, 0.1) is 7.11 Å². The maximum atomic E-state index is 13.9. The average Bonchev–Trinajstić information content (AvgIpc) is 2.60. The number of halogens is 2. The van der Waals surface area contributed by atoms with Gasteiger partial charge in [-0.2, -0.15) is 0 Å². The number of fused-ring (bicyclic) bond motifs is 2. The molecule has 6 heteroatoms. The lowest BCUT2D eigenvalue weighted by molar-refractivity contribution is -0.0775. The molecule has 132 valence electrons. The van der Waals surface area contributed by atoms with E-state index < -0.39 is 0 Å². The summed E-state index contributed by atoms with van der Waals surface area (Å²) in [6.45, 7) is 3.86. The Labute approximate surface area is 155 Å². The molecule has 3 aliphatic heterocycles. The Balaban J connectivity index is 1.36. The molecule has 0 aliphatic carbocycles. The molecule has 0 radical (unpaired) electrons. The van der Waals surface area contributed by atoms with Crippen molar-refractivity contribution in [3.8, 4) is 5.75 Å². The molecule has 3 fully saturated rings. The molecule has 2 aromatic rings. The number of nitrogens with zero attached hydrogens (tertiary/aromatic N) is 3. The minimum Gasteiger partial charge on any atom is -0.494 e. The SMILES string of the molecule is COc1ccc(CN2C3CC2CN(Cc2cncc(Br)c2)C3)cc1F. The first-order chi connectivity index (χ1) is 12.1. The monoisotopic (exact) mass is 405 g/mol. The Morgan fingerprint density at radius 1 is 1.16 bits per heavy atom. The molecule has 0 N–H and O–H groups in total. The summed E-state index contributed by atoms with van der Waals surface area (Å²) < 4.78 is 19.9. The number of aromatic nitrogens is 1. The highest BCUT2D eigenvalue weighted by Crippen LogP contribution is 2.34. The lowest BCUT2D eigenvalue weighted by Gasteiger charge is -2.56. The quantitative estimate of drug-likeness (QED) is 0.761. The molecule has 0 spiro atoms. The maximum absolute atomic E-state index is 13.9. The van der Waals surface area contributed by atoms with E-state index in [9.17, 15) is 4.39 Å². The number of piperazine rings is 1. The van der Waals surface area contributed by atoms with Gasteiger partial charge in [-0.15, -0.1) is 0 Å². The number of benzene rings is 1. The van der Waals surface area contributed by atoms with Crippen LogP contribution in [0.1, 0.15) is 17.5 Å². The fourth-order valence-corrected chi connectivity index (χ4v) is 4.39. The van der Waals surface area contributed by atoms with Crippen LogP contribution in [0.3, 0.4) is 0 Å². The first-order valence-corrected chi connectivity index (χ1v) is 9.31. The molecular formula is C19H21BrFN3O. The van der Waals surface area contributed by atoms with Gasteiger partial charge in [0.1, 0.15) is 0 Å². The molecule has 1 aromatic carbocycles. The van der Waals surface area contributed by atoms with E-state index in [1.54, 1.807) is 12.1 Å². The van der Waals surface area contributed by atoms with Crippen molar-refractivity contribution < 1.29 is 9.13 Å². The minimum atomic E-state index is -0.283. The molecule has 4 nitrogen and oxygen atoms in total. The average molecular weight is 406 g/mol. The Kier molecular flexibility index (Phi) is 4.75. The van der Waals surface area contributed by atoms with E-state index in [0.29, 0.717) is 17.8 Å². The Bertz CT molecular complexity index is 760. The highest BCUT2D eigenvalue weighted by molar-refractivity contribution is 9.10. The van der Waals surface area contributed by atoms with Crippen molar-refractivity contribution in [2.75, 3.05) is 20.2 Å².